The minimum Gasteiger partial charge on any atom is -0.336 e. The van der Waals surface area contributed by atoms with Crippen LogP contribution >= 0.6 is 27.5 Å². The van der Waals surface area contributed by atoms with Gasteiger partial charge in [0.2, 0.25) is 0 Å². The van der Waals surface area contributed by atoms with Crippen LogP contribution in [0.1, 0.15) is 0 Å². The molecular weight excluding hydrogens is 333 g/mol. The first-order valence-electron chi connectivity index (χ1n) is 5.49. The van der Waals surface area contributed by atoms with Crippen LogP contribution in [0.15, 0.2) is 40.9 Å². The predicted octanol–water partition coefficient (Wildman–Crippen LogP) is 4.86. The van der Waals surface area contributed by atoms with Crippen LogP contribution in [-0.4, -0.2) is 10.2 Å². The normalized spacial score (nSPS) is 10.9. The number of H-pyrrole nitrogens is 1. The lowest BCUT2D eigenvalue weighted by Crippen LogP contribution is -1.94. The van der Waals surface area contributed by atoms with Crippen LogP contribution in [-0.2, 0) is 0 Å². The van der Waals surface area contributed by atoms with Gasteiger partial charge in [-0.2, -0.15) is 5.10 Å². The molecule has 19 heavy (non-hydrogen) atoms. The molecule has 0 amide bonds. The zero-order valence-corrected chi connectivity index (χ0v) is 11.9. The van der Waals surface area contributed by atoms with Gasteiger partial charge in [0.25, 0.3) is 0 Å². The van der Waals surface area contributed by atoms with Gasteiger partial charge in [-0.15, -0.1) is 0 Å². The number of nitrogens with one attached hydrogen (secondary N) is 2. The standard InChI is InChI=1S/C13H8BrClFN3/c14-7-1-3-11-9(5-7)13(19-18-11)17-12-4-2-8(15)6-10(12)16/h1-6H,(H2,17,18,19). The SMILES string of the molecule is Fc1cc(Cl)ccc1Nc1n[nH]c2ccc(Br)cc12. The Morgan fingerprint density at radius 3 is 2.84 bits per heavy atom. The number of rotatable bonds is 2. The fourth-order valence-corrected chi connectivity index (χ4v) is 2.32. The van der Waals surface area contributed by atoms with Crippen LogP contribution in [0.3, 0.4) is 0 Å². The molecule has 2 N–H and O–H groups in total. The first-order valence-corrected chi connectivity index (χ1v) is 6.66. The molecule has 0 radical (unpaired) electrons. The van der Waals surface area contributed by atoms with Gasteiger partial charge in [-0.3, -0.25) is 5.10 Å². The van der Waals surface area contributed by atoms with E-state index in [1.807, 2.05) is 18.2 Å². The molecule has 0 saturated carbocycles. The summed E-state index contributed by atoms with van der Waals surface area (Å²) in [6.45, 7) is 0. The number of hydrogen-bond acceptors (Lipinski definition) is 2. The summed E-state index contributed by atoms with van der Waals surface area (Å²) in [5.74, 6) is 0.149. The van der Waals surface area contributed by atoms with Crippen molar-refractivity contribution in [2.75, 3.05) is 5.32 Å². The largest absolute Gasteiger partial charge is 0.336 e. The molecule has 3 nitrogen and oxygen atoms in total. The lowest BCUT2D eigenvalue weighted by molar-refractivity contribution is 0.632. The summed E-state index contributed by atoms with van der Waals surface area (Å²) in [5.41, 5.74) is 1.21. The van der Waals surface area contributed by atoms with Crippen LogP contribution in [0.4, 0.5) is 15.9 Å². The van der Waals surface area contributed by atoms with E-state index in [-0.39, 0.29) is 0 Å². The number of aromatic nitrogens is 2. The minimum atomic E-state index is -0.418. The van der Waals surface area contributed by atoms with Crippen LogP contribution in [0.5, 0.6) is 0 Å². The Hall–Kier alpha value is -1.59. The van der Waals surface area contributed by atoms with Gasteiger partial charge in [-0.25, -0.2) is 4.39 Å². The van der Waals surface area contributed by atoms with Gasteiger partial charge in [0.1, 0.15) is 5.82 Å². The third-order valence-electron chi connectivity index (χ3n) is 2.71. The quantitative estimate of drug-likeness (QED) is 0.699. The second kappa shape index (κ2) is 4.83. The summed E-state index contributed by atoms with van der Waals surface area (Å²) >= 11 is 9.12. The average molecular weight is 341 g/mol. The minimum absolute atomic E-state index is 0.331. The van der Waals surface area contributed by atoms with Crippen molar-refractivity contribution in [3.05, 3.63) is 51.7 Å². The summed E-state index contributed by atoms with van der Waals surface area (Å²) in [4.78, 5) is 0. The van der Waals surface area contributed by atoms with E-state index in [1.165, 1.54) is 6.07 Å². The molecule has 1 heterocycles. The third-order valence-corrected chi connectivity index (χ3v) is 3.44. The fraction of sp³-hybridized carbons (Fsp3) is 0. The molecule has 0 aliphatic heterocycles. The van der Waals surface area contributed by atoms with Crippen molar-refractivity contribution < 1.29 is 4.39 Å². The first-order chi connectivity index (χ1) is 9.13. The van der Waals surface area contributed by atoms with Crippen molar-refractivity contribution in [2.45, 2.75) is 0 Å². The smallest absolute Gasteiger partial charge is 0.160 e. The van der Waals surface area contributed by atoms with E-state index in [1.54, 1.807) is 12.1 Å². The lowest BCUT2D eigenvalue weighted by Gasteiger charge is -2.05. The number of nitrogens with zero attached hydrogens (tertiary/aromatic N) is 1. The molecule has 0 saturated heterocycles. The highest BCUT2D eigenvalue weighted by Crippen LogP contribution is 2.28. The summed E-state index contributed by atoms with van der Waals surface area (Å²) in [5, 5.41) is 11.2. The van der Waals surface area contributed by atoms with E-state index < -0.39 is 5.82 Å². The van der Waals surface area contributed by atoms with Crippen molar-refractivity contribution in [3.8, 4) is 0 Å². The van der Waals surface area contributed by atoms with Gasteiger partial charge in [0.15, 0.2) is 5.82 Å². The van der Waals surface area contributed by atoms with Crippen molar-refractivity contribution in [1.82, 2.24) is 10.2 Å². The van der Waals surface area contributed by atoms with E-state index in [9.17, 15) is 4.39 Å². The molecule has 0 fully saturated rings. The Morgan fingerprint density at radius 1 is 1.21 bits per heavy atom. The number of aromatic amines is 1. The molecule has 0 atom stereocenters. The van der Waals surface area contributed by atoms with Gasteiger partial charge >= 0.3 is 0 Å². The fourth-order valence-electron chi connectivity index (χ4n) is 1.80. The van der Waals surface area contributed by atoms with Crippen molar-refractivity contribution in [1.29, 1.82) is 0 Å². The van der Waals surface area contributed by atoms with Crippen molar-refractivity contribution in [3.63, 3.8) is 0 Å². The van der Waals surface area contributed by atoms with Gasteiger partial charge in [0.05, 0.1) is 11.2 Å². The molecule has 2 aromatic carbocycles. The van der Waals surface area contributed by atoms with Gasteiger partial charge in [-0.05, 0) is 36.4 Å². The van der Waals surface area contributed by atoms with Crippen LogP contribution in [0.2, 0.25) is 5.02 Å². The van der Waals surface area contributed by atoms with E-state index in [0.29, 0.717) is 16.5 Å². The zero-order valence-electron chi connectivity index (χ0n) is 9.55. The third kappa shape index (κ3) is 2.43. The van der Waals surface area contributed by atoms with Gasteiger partial charge < -0.3 is 5.32 Å². The predicted molar refractivity (Wildman–Crippen MR) is 78.5 cm³/mol. The molecule has 3 aromatic rings. The number of hydrogen-bond donors (Lipinski definition) is 2. The Bertz CT molecular complexity index is 757. The maximum atomic E-state index is 13.7. The molecule has 0 aliphatic carbocycles. The number of fused-ring (bicyclic) bond motifs is 1. The molecule has 0 aliphatic rings. The highest BCUT2D eigenvalue weighted by Gasteiger charge is 2.09. The molecule has 96 valence electrons. The molecule has 1 aromatic heterocycles. The summed E-state index contributed by atoms with van der Waals surface area (Å²) in [7, 11) is 0. The van der Waals surface area contributed by atoms with Crippen LogP contribution in [0, 0.1) is 5.82 Å². The maximum absolute atomic E-state index is 13.7. The van der Waals surface area contributed by atoms with E-state index >= 15 is 0 Å². The Labute approximate surface area is 121 Å². The molecular formula is C13H8BrClFN3. The Morgan fingerprint density at radius 2 is 2.05 bits per heavy atom. The van der Waals surface area contributed by atoms with Gasteiger partial charge in [0, 0.05) is 14.9 Å². The van der Waals surface area contributed by atoms with E-state index in [2.05, 4.69) is 31.4 Å². The van der Waals surface area contributed by atoms with Gasteiger partial charge in [-0.1, -0.05) is 27.5 Å². The zero-order chi connectivity index (χ0) is 13.4. The lowest BCUT2D eigenvalue weighted by atomic mass is 10.2. The molecule has 0 spiro atoms. The highest BCUT2D eigenvalue weighted by molar-refractivity contribution is 9.10. The second-order valence-corrected chi connectivity index (χ2v) is 5.36. The Balaban J connectivity index is 2.03. The first kappa shape index (κ1) is 12.4. The Kier molecular flexibility index (Phi) is 3.16. The number of anilines is 2. The highest BCUT2D eigenvalue weighted by atomic mass is 79.9. The monoisotopic (exact) mass is 339 g/mol. The van der Waals surface area contributed by atoms with Crippen LogP contribution < -0.4 is 5.32 Å². The average Bonchev–Trinajstić information content (AvgIpc) is 2.75. The second-order valence-electron chi connectivity index (χ2n) is 4.01. The summed E-state index contributed by atoms with van der Waals surface area (Å²) in [6, 6.07) is 10.2. The molecule has 3 rings (SSSR count). The molecule has 0 bridgehead atoms. The molecule has 0 unspecified atom stereocenters. The maximum Gasteiger partial charge on any atom is 0.160 e. The van der Waals surface area contributed by atoms with Crippen molar-refractivity contribution in [2.24, 2.45) is 0 Å². The van der Waals surface area contributed by atoms with Crippen LogP contribution in [0.25, 0.3) is 10.9 Å². The topological polar surface area (TPSA) is 40.7 Å². The van der Waals surface area contributed by atoms with Crippen molar-refractivity contribution >= 4 is 49.9 Å². The summed E-state index contributed by atoms with van der Waals surface area (Å²) in [6.07, 6.45) is 0. The number of halogens is 3. The summed E-state index contributed by atoms with van der Waals surface area (Å²) < 4.78 is 14.7. The van der Waals surface area contributed by atoms with E-state index in [0.717, 1.165) is 15.4 Å². The van der Waals surface area contributed by atoms with E-state index in [4.69, 9.17) is 11.6 Å². The molecule has 6 heteroatoms. The number of benzene rings is 2.